The number of esters is 1. The number of halogens is 3. The predicted octanol–water partition coefficient (Wildman–Crippen LogP) is 7.21. The quantitative estimate of drug-likeness (QED) is 0.228. The summed E-state index contributed by atoms with van der Waals surface area (Å²) in [5.41, 5.74) is 4.03. The van der Waals surface area contributed by atoms with Gasteiger partial charge in [-0.3, -0.25) is 0 Å². The fourth-order valence-electron chi connectivity index (χ4n) is 2.96. The van der Waals surface area contributed by atoms with Crippen LogP contribution >= 0.6 is 47.8 Å². The van der Waals surface area contributed by atoms with Crippen molar-refractivity contribution < 1.29 is 14.3 Å². The Hall–Kier alpha value is -2.22. The van der Waals surface area contributed by atoms with Crippen LogP contribution in [0.4, 0.5) is 0 Å². The topological polar surface area (TPSA) is 47.9 Å². The van der Waals surface area contributed by atoms with Crippen LogP contribution in [0.5, 0.6) is 5.75 Å². The minimum atomic E-state index is -0.488. The first-order valence-electron chi connectivity index (χ1n) is 9.35. The molecule has 1 aliphatic heterocycles. The van der Waals surface area contributed by atoms with Gasteiger partial charge in [-0.1, -0.05) is 42.0 Å². The molecule has 0 bridgehead atoms. The third-order valence-electron chi connectivity index (χ3n) is 4.55. The molecule has 0 amide bonds. The normalized spacial score (nSPS) is 14.5. The van der Waals surface area contributed by atoms with Crippen LogP contribution in [0.1, 0.15) is 22.3 Å². The molecule has 0 N–H and O–H groups in total. The molecule has 0 saturated heterocycles. The summed E-state index contributed by atoms with van der Waals surface area (Å²) in [6, 6.07) is 19.4. The van der Waals surface area contributed by atoms with Crippen LogP contribution < -0.4 is 4.74 Å². The maximum absolute atomic E-state index is 12.3. The van der Waals surface area contributed by atoms with Crippen LogP contribution in [-0.4, -0.2) is 11.9 Å². The Morgan fingerprint density at radius 3 is 2.32 bits per heavy atom. The Morgan fingerprint density at radius 1 is 0.968 bits per heavy atom. The van der Waals surface area contributed by atoms with E-state index in [4.69, 9.17) is 9.47 Å². The van der Waals surface area contributed by atoms with Gasteiger partial charge in [0.05, 0.1) is 14.5 Å². The first kappa shape index (κ1) is 22.0. The molecule has 0 radical (unpaired) electrons. The summed E-state index contributed by atoms with van der Waals surface area (Å²) >= 11 is 10.6. The van der Waals surface area contributed by atoms with E-state index in [1.807, 2.05) is 48.5 Å². The number of carbonyl (C=O) groups is 1. The standard InChI is InChI=1S/C24H16Br3NO3/c1-14-6-8-15(9-7-14)13-30-22-19(26)10-16(11-20(22)27)12-21-24(29)31-23(28-21)17-4-2-3-5-18(17)25/h2-12H,13H2,1H3/b21-12-. The highest BCUT2D eigenvalue weighted by molar-refractivity contribution is 9.11. The van der Waals surface area contributed by atoms with Gasteiger partial charge in [0.15, 0.2) is 5.70 Å². The van der Waals surface area contributed by atoms with Crippen molar-refractivity contribution in [2.45, 2.75) is 13.5 Å². The highest BCUT2D eigenvalue weighted by Crippen LogP contribution is 2.36. The first-order chi connectivity index (χ1) is 14.9. The van der Waals surface area contributed by atoms with E-state index in [0.29, 0.717) is 12.4 Å². The number of cyclic esters (lactones) is 1. The number of ether oxygens (including phenoxy) is 2. The van der Waals surface area contributed by atoms with Crippen LogP contribution in [0.15, 0.2) is 84.8 Å². The third kappa shape index (κ3) is 5.17. The zero-order chi connectivity index (χ0) is 22.0. The smallest absolute Gasteiger partial charge is 0.363 e. The average molecular weight is 606 g/mol. The lowest BCUT2D eigenvalue weighted by Gasteiger charge is -2.11. The summed E-state index contributed by atoms with van der Waals surface area (Å²) in [5, 5.41) is 0. The van der Waals surface area contributed by atoms with Crippen molar-refractivity contribution in [2.75, 3.05) is 0 Å². The largest absolute Gasteiger partial charge is 0.487 e. The summed E-state index contributed by atoms with van der Waals surface area (Å²) in [5.74, 6) is 0.478. The molecule has 0 unspecified atom stereocenters. The summed E-state index contributed by atoms with van der Waals surface area (Å²) < 4.78 is 13.7. The summed E-state index contributed by atoms with van der Waals surface area (Å²) in [6.45, 7) is 2.50. The molecule has 1 aliphatic rings. The lowest BCUT2D eigenvalue weighted by Crippen LogP contribution is -2.05. The van der Waals surface area contributed by atoms with Crippen LogP contribution in [0.25, 0.3) is 6.08 Å². The van der Waals surface area contributed by atoms with Gasteiger partial charge < -0.3 is 9.47 Å². The number of carbonyl (C=O) groups excluding carboxylic acids is 1. The molecule has 4 nitrogen and oxygen atoms in total. The molecule has 0 aliphatic carbocycles. The molecule has 1 heterocycles. The van der Waals surface area contributed by atoms with E-state index in [1.54, 1.807) is 6.08 Å². The summed E-state index contributed by atoms with van der Waals surface area (Å²) in [7, 11) is 0. The maximum Gasteiger partial charge on any atom is 0.363 e. The van der Waals surface area contributed by atoms with E-state index in [-0.39, 0.29) is 11.6 Å². The molecule has 7 heteroatoms. The Labute approximate surface area is 205 Å². The molecule has 0 spiro atoms. The second kappa shape index (κ2) is 9.51. The van der Waals surface area contributed by atoms with Crippen molar-refractivity contribution in [3.8, 4) is 5.75 Å². The van der Waals surface area contributed by atoms with Crippen LogP contribution in [0.2, 0.25) is 0 Å². The summed E-state index contributed by atoms with van der Waals surface area (Å²) in [4.78, 5) is 16.7. The van der Waals surface area contributed by atoms with E-state index in [1.165, 1.54) is 5.56 Å². The van der Waals surface area contributed by atoms with E-state index in [9.17, 15) is 4.79 Å². The number of hydrogen-bond donors (Lipinski definition) is 0. The van der Waals surface area contributed by atoms with E-state index < -0.39 is 5.97 Å². The zero-order valence-corrected chi connectivity index (χ0v) is 21.1. The molecule has 3 aromatic carbocycles. The van der Waals surface area contributed by atoms with Crippen molar-refractivity contribution >= 4 is 65.7 Å². The van der Waals surface area contributed by atoms with Crippen molar-refractivity contribution in [1.29, 1.82) is 0 Å². The number of nitrogens with zero attached hydrogens (tertiary/aromatic N) is 1. The van der Waals surface area contributed by atoms with Gasteiger partial charge in [-0.05, 0) is 96.2 Å². The number of hydrogen-bond acceptors (Lipinski definition) is 4. The van der Waals surface area contributed by atoms with Gasteiger partial charge in [0.2, 0.25) is 5.90 Å². The number of aryl methyl sites for hydroxylation is 1. The van der Waals surface area contributed by atoms with Gasteiger partial charge in [-0.15, -0.1) is 0 Å². The lowest BCUT2D eigenvalue weighted by molar-refractivity contribution is -0.129. The molecule has 156 valence electrons. The van der Waals surface area contributed by atoms with Crippen molar-refractivity contribution in [2.24, 2.45) is 4.99 Å². The Bertz CT molecular complexity index is 1190. The van der Waals surface area contributed by atoms with Gasteiger partial charge in [-0.2, -0.15) is 0 Å². The molecule has 4 rings (SSSR count). The minimum absolute atomic E-state index is 0.234. The van der Waals surface area contributed by atoms with E-state index in [0.717, 1.165) is 30.1 Å². The van der Waals surface area contributed by atoms with Crippen LogP contribution in [-0.2, 0) is 16.1 Å². The van der Waals surface area contributed by atoms with Gasteiger partial charge >= 0.3 is 5.97 Å². The van der Waals surface area contributed by atoms with E-state index >= 15 is 0 Å². The Morgan fingerprint density at radius 2 is 1.65 bits per heavy atom. The van der Waals surface area contributed by atoms with Crippen molar-refractivity contribution in [3.05, 3.63) is 102 Å². The first-order valence-corrected chi connectivity index (χ1v) is 11.7. The molecule has 0 atom stereocenters. The minimum Gasteiger partial charge on any atom is -0.487 e. The molecule has 31 heavy (non-hydrogen) atoms. The van der Waals surface area contributed by atoms with Crippen molar-refractivity contribution in [1.82, 2.24) is 0 Å². The fourth-order valence-corrected chi connectivity index (χ4v) is 4.86. The van der Waals surface area contributed by atoms with Crippen LogP contribution in [0.3, 0.4) is 0 Å². The van der Waals surface area contributed by atoms with Gasteiger partial charge in [0.25, 0.3) is 0 Å². The van der Waals surface area contributed by atoms with Gasteiger partial charge in [0, 0.05) is 4.47 Å². The summed E-state index contributed by atoms with van der Waals surface area (Å²) in [6.07, 6.45) is 1.69. The van der Waals surface area contributed by atoms with Crippen molar-refractivity contribution in [3.63, 3.8) is 0 Å². The average Bonchev–Trinajstić information content (AvgIpc) is 3.09. The molecule has 0 fully saturated rings. The lowest BCUT2D eigenvalue weighted by atomic mass is 10.1. The fraction of sp³-hybridized carbons (Fsp3) is 0.0833. The maximum atomic E-state index is 12.3. The number of rotatable bonds is 5. The zero-order valence-electron chi connectivity index (χ0n) is 16.4. The van der Waals surface area contributed by atoms with Gasteiger partial charge in [0.1, 0.15) is 12.4 Å². The van der Waals surface area contributed by atoms with Crippen LogP contribution in [0, 0.1) is 6.92 Å². The van der Waals surface area contributed by atoms with Gasteiger partial charge in [-0.25, -0.2) is 9.79 Å². The molecule has 0 aromatic heterocycles. The number of aliphatic imine (C=N–C) groups is 1. The SMILES string of the molecule is Cc1ccc(COc2c(Br)cc(/C=C3\N=C(c4ccccc4Br)OC3=O)cc2Br)cc1. The molecule has 3 aromatic rings. The predicted molar refractivity (Wildman–Crippen MR) is 132 cm³/mol. The number of benzene rings is 3. The third-order valence-corrected chi connectivity index (χ3v) is 6.42. The molecular formula is C24H16Br3NO3. The van der Waals surface area contributed by atoms with E-state index in [2.05, 4.69) is 71.8 Å². The second-order valence-electron chi connectivity index (χ2n) is 6.90. The molecule has 0 saturated carbocycles. The second-order valence-corrected chi connectivity index (χ2v) is 9.47. The Kier molecular flexibility index (Phi) is 6.74. The Balaban J connectivity index is 1.56. The highest BCUT2D eigenvalue weighted by Gasteiger charge is 2.25. The highest BCUT2D eigenvalue weighted by atomic mass is 79.9. The monoisotopic (exact) mass is 603 g/mol. The molecular weight excluding hydrogens is 590 g/mol.